The number of nitrogens with one attached hydrogen (secondary N) is 1. The molecule has 0 unspecified atom stereocenters. The van der Waals surface area contributed by atoms with Gasteiger partial charge in [0.2, 0.25) is 5.91 Å². The number of rotatable bonds is 4. The second-order valence-corrected chi connectivity index (χ2v) is 6.84. The summed E-state index contributed by atoms with van der Waals surface area (Å²) in [6.07, 6.45) is 1.37. The number of likely N-dealkylation sites (tertiary alicyclic amines) is 1. The van der Waals surface area contributed by atoms with Crippen LogP contribution in [0.3, 0.4) is 0 Å². The zero-order chi connectivity index (χ0) is 19.4. The van der Waals surface area contributed by atoms with Crippen LogP contribution in [-0.4, -0.2) is 55.1 Å². The van der Waals surface area contributed by atoms with Crippen molar-refractivity contribution in [2.75, 3.05) is 31.1 Å². The van der Waals surface area contributed by atoms with Crippen molar-refractivity contribution >= 4 is 23.6 Å². The molecule has 0 aliphatic carbocycles. The molecule has 2 aliphatic rings. The highest BCUT2D eigenvalue weighted by Gasteiger charge is 2.34. The maximum absolute atomic E-state index is 13.1. The van der Waals surface area contributed by atoms with E-state index in [1.165, 1.54) is 12.1 Å². The van der Waals surface area contributed by atoms with Gasteiger partial charge in [0.1, 0.15) is 5.82 Å². The van der Waals surface area contributed by atoms with Crippen LogP contribution in [0.5, 0.6) is 0 Å². The molecule has 2 fully saturated rings. The molecule has 2 heterocycles. The first-order valence-corrected chi connectivity index (χ1v) is 9.26. The van der Waals surface area contributed by atoms with Gasteiger partial charge in [0, 0.05) is 31.7 Å². The number of carbonyl (C=O) groups is 3. The third kappa shape index (κ3) is 4.56. The molecule has 0 aromatic heterocycles. The minimum absolute atomic E-state index is 0.104. The van der Waals surface area contributed by atoms with Crippen molar-refractivity contribution in [1.82, 2.24) is 10.2 Å². The lowest BCUT2D eigenvalue weighted by Crippen LogP contribution is -2.49. The zero-order valence-electron chi connectivity index (χ0n) is 15.3. The third-order valence-electron chi connectivity index (χ3n) is 4.99. The molecule has 3 amide bonds. The fourth-order valence-corrected chi connectivity index (χ4v) is 3.52. The number of anilines is 1. The molecule has 27 heavy (non-hydrogen) atoms. The first kappa shape index (κ1) is 19.1. The summed E-state index contributed by atoms with van der Waals surface area (Å²) in [5.74, 6) is -0.820. The number of benzene rings is 1. The molecule has 3 rings (SSSR count). The second-order valence-electron chi connectivity index (χ2n) is 6.84. The van der Waals surface area contributed by atoms with Crippen molar-refractivity contribution in [3.05, 3.63) is 30.1 Å². The topological polar surface area (TPSA) is 79.0 Å². The Morgan fingerprint density at radius 1 is 1.22 bits per heavy atom. The number of amides is 3. The highest BCUT2D eigenvalue weighted by Crippen LogP contribution is 2.23. The van der Waals surface area contributed by atoms with Crippen molar-refractivity contribution in [2.45, 2.75) is 32.2 Å². The van der Waals surface area contributed by atoms with E-state index >= 15 is 0 Å². The predicted octanol–water partition coefficient (Wildman–Crippen LogP) is 1.92. The van der Waals surface area contributed by atoms with Gasteiger partial charge in [-0.2, -0.15) is 0 Å². The van der Waals surface area contributed by atoms with Crippen LogP contribution in [0.2, 0.25) is 0 Å². The van der Waals surface area contributed by atoms with Gasteiger partial charge in [-0.15, -0.1) is 0 Å². The van der Waals surface area contributed by atoms with Crippen molar-refractivity contribution in [3.63, 3.8) is 0 Å². The van der Waals surface area contributed by atoms with Gasteiger partial charge >= 0.3 is 12.0 Å². The van der Waals surface area contributed by atoms with Crippen LogP contribution in [0, 0.1) is 11.7 Å². The highest BCUT2D eigenvalue weighted by atomic mass is 19.1. The molecular weight excluding hydrogens is 353 g/mol. The van der Waals surface area contributed by atoms with Crippen LogP contribution in [0.25, 0.3) is 0 Å². The van der Waals surface area contributed by atoms with Gasteiger partial charge in [0.15, 0.2) is 0 Å². The van der Waals surface area contributed by atoms with Gasteiger partial charge < -0.3 is 19.9 Å². The van der Waals surface area contributed by atoms with E-state index in [9.17, 15) is 18.8 Å². The Bertz CT molecular complexity index is 701. The largest absolute Gasteiger partial charge is 0.466 e. The quantitative estimate of drug-likeness (QED) is 0.813. The van der Waals surface area contributed by atoms with E-state index in [4.69, 9.17) is 4.74 Å². The van der Waals surface area contributed by atoms with Gasteiger partial charge in [-0.05, 0) is 44.0 Å². The minimum Gasteiger partial charge on any atom is -0.466 e. The number of hydrogen-bond acceptors (Lipinski definition) is 4. The van der Waals surface area contributed by atoms with Crippen LogP contribution in [0.1, 0.15) is 26.2 Å². The first-order chi connectivity index (χ1) is 13.0. The molecule has 146 valence electrons. The number of halogens is 1. The number of carbonyl (C=O) groups excluding carboxylic acids is 3. The molecule has 1 aromatic carbocycles. The molecular formula is C19H24FN3O4. The summed E-state index contributed by atoms with van der Waals surface area (Å²) in [7, 11) is 0. The summed E-state index contributed by atoms with van der Waals surface area (Å²) in [6.45, 7) is 3.46. The van der Waals surface area contributed by atoms with Crippen LogP contribution in [0.15, 0.2) is 24.3 Å². The minimum atomic E-state index is -0.360. The van der Waals surface area contributed by atoms with Crippen LogP contribution < -0.4 is 10.2 Å². The van der Waals surface area contributed by atoms with Gasteiger partial charge in [-0.3, -0.25) is 9.59 Å². The summed E-state index contributed by atoms with van der Waals surface area (Å²) in [6, 6.07) is 5.20. The molecule has 2 saturated heterocycles. The maximum Gasteiger partial charge on any atom is 0.317 e. The Kier molecular flexibility index (Phi) is 5.93. The lowest BCUT2D eigenvalue weighted by atomic mass is 9.97. The highest BCUT2D eigenvalue weighted by molar-refractivity contribution is 5.96. The molecule has 2 aliphatic heterocycles. The van der Waals surface area contributed by atoms with Crippen molar-refractivity contribution in [3.8, 4) is 0 Å². The first-order valence-electron chi connectivity index (χ1n) is 9.26. The lowest BCUT2D eigenvalue weighted by molar-refractivity contribution is -0.149. The predicted molar refractivity (Wildman–Crippen MR) is 96.6 cm³/mol. The monoisotopic (exact) mass is 377 g/mol. The molecule has 8 heteroatoms. The van der Waals surface area contributed by atoms with Crippen molar-refractivity contribution < 1.29 is 23.5 Å². The number of ether oxygens (including phenoxy) is 1. The number of urea groups is 1. The Balaban J connectivity index is 1.50. The van der Waals surface area contributed by atoms with Crippen LogP contribution in [0.4, 0.5) is 14.9 Å². The maximum atomic E-state index is 13.1. The molecule has 1 aromatic rings. The molecule has 0 spiro atoms. The molecule has 1 N–H and O–H groups in total. The smallest absolute Gasteiger partial charge is 0.317 e. The van der Waals surface area contributed by atoms with Crippen LogP contribution >= 0.6 is 0 Å². The van der Waals surface area contributed by atoms with E-state index in [0.29, 0.717) is 44.8 Å². The van der Waals surface area contributed by atoms with Crippen molar-refractivity contribution in [2.24, 2.45) is 5.92 Å². The van der Waals surface area contributed by atoms with E-state index in [1.807, 2.05) is 0 Å². The fourth-order valence-electron chi connectivity index (χ4n) is 3.52. The third-order valence-corrected chi connectivity index (χ3v) is 4.99. The standard InChI is InChI=1S/C19H24FN3O4/c1-2-27-18(25)13-7-9-22(10-8-13)19(26)21-15-11-17(24)23(12-15)16-5-3-14(20)4-6-16/h3-6,13,15H,2,7-12H2,1H3,(H,21,26)/t15-/m1/s1. The number of piperidine rings is 1. The van der Waals surface area contributed by atoms with Gasteiger partial charge in [-0.25, -0.2) is 9.18 Å². The Labute approximate surface area is 157 Å². The van der Waals surface area contributed by atoms with E-state index < -0.39 is 0 Å². The Morgan fingerprint density at radius 2 is 1.89 bits per heavy atom. The average Bonchev–Trinajstić information content (AvgIpc) is 3.02. The molecule has 0 radical (unpaired) electrons. The number of nitrogens with zero attached hydrogens (tertiary/aromatic N) is 2. The van der Waals surface area contributed by atoms with E-state index in [2.05, 4.69) is 5.32 Å². The molecule has 0 saturated carbocycles. The van der Waals surface area contributed by atoms with E-state index in [-0.39, 0.29) is 42.1 Å². The summed E-state index contributed by atoms with van der Waals surface area (Å²) in [5, 5.41) is 2.89. The van der Waals surface area contributed by atoms with Crippen molar-refractivity contribution in [1.29, 1.82) is 0 Å². The van der Waals surface area contributed by atoms with E-state index in [1.54, 1.807) is 28.9 Å². The normalized spacial score (nSPS) is 20.7. The summed E-state index contributed by atoms with van der Waals surface area (Å²) < 4.78 is 18.1. The Hall–Kier alpha value is -2.64. The van der Waals surface area contributed by atoms with Gasteiger partial charge in [-0.1, -0.05) is 0 Å². The zero-order valence-corrected chi connectivity index (χ0v) is 15.3. The summed E-state index contributed by atoms with van der Waals surface area (Å²) in [4.78, 5) is 39.7. The van der Waals surface area contributed by atoms with E-state index in [0.717, 1.165) is 0 Å². The average molecular weight is 377 g/mol. The summed E-state index contributed by atoms with van der Waals surface area (Å²) in [5.41, 5.74) is 0.619. The SMILES string of the molecule is CCOC(=O)C1CCN(C(=O)N[C@@H]2CC(=O)N(c3ccc(F)cc3)C2)CC1. The fraction of sp³-hybridized carbons (Fsp3) is 0.526. The lowest BCUT2D eigenvalue weighted by Gasteiger charge is -2.31. The van der Waals surface area contributed by atoms with Crippen LogP contribution in [-0.2, 0) is 14.3 Å². The summed E-state index contributed by atoms with van der Waals surface area (Å²) >= 11 is 0. The van der Waals surface area contributed by atoms with Gasteiger partial charge in [0.25, 0.3) is 0 Å². The number of esters is 1. The molecule has 7 nitrogen and oxygen atoms in total. The molecule has 1 atom stereocenters. The van der Waals surface area contributed by atoms with Gasteiger partial charge in [0.05, 0.1) is 18.6 Å². The second kappa shape index (κ2) is 8.37. The Morgan fingerprint density at radius 3 is 2.52 bits per heavy atom. The molecule has 0 bridgehead atoms. The number of hydrogen-bond donors (Lipinski definition) is 1.